The summed E-state index contributed by atoms with van der Waals surface area (Å²) >= 11 is 5.66. The maximum absolute atomic E-state index is 13.1. The summed E-state index contributed by atoms with van der Waals surface area (Å²) in [4.78, 5) is 8.24. The summed E-state index contributed by atoms with van der Waals surface area (Å²) in [6, 6.07) is 5.03. The third kappa shape index (κ3) is 4.59. The van der Waals surface area contributed by atoms with Crippen molar-refractivity contribution in [3.05, 3.63) is 53.3 Å². The Hall–Kier alpha value is -2.28. The van der Waals surface area contributed by atoms with Crippen LogP contribution in [0.5, 0.6) is 0 Å². The van der Waals surface area contributed by atoms with Crippen LogP contribution >= 0.6 is 11.6 Å². The molecule has 0 amide bonds. The second kappa shape index (κ2) is 6.87. The number of hydrogen-bond acceptors (Lipinski definition) is 4. The van der Waals surface area contributed by atoms with Gasteiger partial charge < -0.3 is 10.6 Å². The van der Waals surface area contributed by atoms with Crippen molar-refractivity contribution < 1.29 is 13.2 Å². The zero-order chi connectivity index (χ0) is 17.0. The number of halogens is 4. The number of alkyl halides is 3. The van der Waals surface area contributed by atoms with Gasteiger partial charge in [0.05, 0.1) is 11.3 Å². The van der Waals surface area contributed by atoms with Crippen molar-refractivity contribution in [1.82, 2.24) is 9.97 Å². The van der Waals surface area contributed by atoms with Gasteiger partial charge in [0.15, 0.2) is 0 Å². The van der Waals surface area contributed by atoms with Crippen LogP contribution in [-0.2, 0) is 6.18 Å². The van der Waals surface area contributed by atoms with Gasteiger partial charge in [-0.15, -0.1) is 6.58 Å². The van der Waals surface area contributed by atoms with Gasteiger partial charge in [-0.1, -0.05) is 17.7 Å². The molecule has 23 heavy (non-hydrogen) atoms. The van der Waals surface area contributed by atoms with E-state index in [2.05, 4.69) is 27.2 Å². The Labute approximate surface area is 136 Å². The van der Waals surface area contributed by atoms with Crippen LogP contribution in [0.2, 0.25) is 5.02 Å². The van der Waals surface area contributed by atoms with Crippen LogP contribution < -0.4 is 10.6 Å². The number of aromatic nitrogens is 2. The molecule has 0 aliphatic carbocycles. The molecule has 0 radical (unpaired) electrons. The van der Waals surface area contributed by atoms with Crippen molar-refractivity contribution in [2.45, 2.75) is 13.1 Å². The van der Waals surface area contributed by atoms with Crippen molar-refractivity contribution >= 4 is 28.9 Å². The molecule has 1 heterocycles. The summed E-state index contributed by atoms with van der Waals surface area (Å²) in [5, 5.41) is 5.64. The normalized spacial score (nSPS) is 11.2. The molecule has 2 N–H and O–H groups in total. The van der Waals surface area contributed by atoms with E-state index in [0.717, 1.165) is 6.07 Å². The number of aryl methyl sites for hydroxylation is 1. The maximum Gasteiger partial charge on any atom is 0.418 e. The topological polar surface area (TPSA) is 49.8 Å². The van der Waals surface area contributed by atoms with Gasteiger partial charge >= 0.3 is 6.18 Å². The van der Waals surface area contributed by atoms with Crippen LogP contribution in [0.3, 0.4) is 0 Å². The minimum atomic E-state index is -4.53. The molecule has 0 saturated carbocycles. The molecule has 1 aromatic heterocycles. The minimum absolute atomic E-state index is 0.00933. The van der Waals surface area contributed by atoms with E-state index in [1.807, 2.05) is 0 Å². The molecule has 0 fully saturated rings. The highest BCUT2D eigenvalue weighted by Crippen LogP contribution is 2.37. The van der Waals surface area contributed by atoms with Crippen molar-refractivity contribution in [2.24, 2.45) is 0 Å². The first-order valence-corrected chi connectivity index (χ1v) is 7.01. The maximum atomic E-state index is 13.1. The standard InChI is InChI=1S/C15H14ClF3N4/c1-3-6-20-13-8-14(22-9(2)21-13)23-12-5-4-10(16)7-11(12)15(17,18)19/h3-5,7-8H,1,6H2,2H3,(H2,20,21,22,23). The Morgan fingerprint density at radius 3 is 2.57 bits per heavy atom. The first-order chi connectivity index (χ1) is 10.8. The number of benzene rings is 1. The first-order valence-electron chi connectivity index (χ1n) is 6.64. The molecule has 0 bridgehead atoms. The Kier molecular flexibility index (Phi) is 5.10. The van der Waals surface area contributed by atoms with E-state index in [0.29, 0.717) is 18.2 Å². The predicted octanol–water partition coefficient (Wildman–Crippen LogP) is 4.80. The van der Waals surface area contributed by atoms with E-state index < -0.39 is 11.7 Å². The van der Waals surface area contributed by atoms with E-state index in [1.54, 1.807) is 13.0 Å². The van der Waals surface area contributed by atoms with Gasteiger partial charge in [-0.3, -0.25) is 0 Å². The third-order valence-electron chi connectivity index (χ3n) is 2.82. The molecule has 1 aromatic carbocycles. The molecular formula is C15H14ClF3N4. The van der Waals surface area contributed by atoms with Crippen molar-refractivity contribution in [3.63, 3.8) is 0 Å². The SMILES string of the molecule is C=CCNc1cc(Nc2ccc(Cl)cc2C(F)(F)F)nc(C)n1. The molecule has 2 rings (SSSR count). The average molecular weight is 343 g/mol. The van der Waals surface area contributed by atoms with Gasteiger partial charge in [0, 0.05) is 17.6 Å². The summed E-state index contributed by atoms with van der Waals surface area (Å²) in [6.45, 7) is 5.70. The Bertz CT molecular complexity index is 716. The van der Waals surface area contributed by atoms with Crippen molar-refractivity contribution in [1.29, 1.82) is 0 Å². The summed E-state index contributed by atoms with van der Waals surface area (Å²) in [7, 11) is 0. The predicted molar refractivity (Wildman–Crippen MR) is 85.2 cm³/mol. The monoisotopic (exact) mass is 342 g/mol. The van der Waals surface area contributed by atoms with Crippen LogP contribution in [0.15, 0.2) is 36.9 Å². The average Bonchev–Trinajstić information content (AvgIpc) is 2.45. The molecule has 0 unspecified atom stereocenters. The highest BCUT2D eigenvalue weighted by atomic mass is 35.5. The van der Waals surface area contributed by atoms with Crippen LogP contribution in [0, 0.1) is 6.92 Å². The number of anilines is 3. The van der Waals surface area contributed by atoms with Crippen LogP contribution in [0.1, 0.15) is 11.4 Å². The van der Waals surface area contributed by atoms with Gasteiger partial charge in [-0.05, 0) is 25.1 Å². The molecule has 2 aromatic rings. The quantitative estimate of drug-likeness (QED) is 0.766. The Morgan fingerprint density at radius 1 is 1.22 bits per heavy atom. The molecule has 4 nitrogen and oxygen atoms in total. The lowest BCUT2D eigenvalue weighted by Gasteiger charge is -2.15. The zero-order valence-electron chi connectivity index (χ0n) is 12.2. The molecule has 8 heteroatoms. The summed E-state index contributed by atoms with van der Waals surface area (Å²) in [5.41, 5.74) is -0.989. The molecule has 0 saturated heterocycles. The van der Waals surface area contributed by atoms with Gasteiger partial charge in [0.25, 0.3) is 0 Å². The van der Waals surface area contributed by atoms with E-state index >= 15 is 0 Å². The third-order valence-corrected chi connectivity index (χ3v) is 3.05. The number of nitrogens with one attached hydrogen (secondary N) is 2. The van der Waals surface area contributed by atoms with Gasteiger partial charge in [0.1, 0.15) is 17.5 Å². The number of rotatable bonds is 5. The van der Waals surface area contributed by atoms with E-state index in [9.17, 15) is 13.2 Å². The molecule has 0 atom stereocenters. The lowest BCUT2D eigenvalue weighted by molar-refractivity contribution is -0.136. The van der Waals surface area contributed by atoms with Gasteiger partial charge in [0.2, 0.25) is 0 Å². The largest absolute Gasteiger partial charge is 0.418 e. The van der Waals surface area contributed by atoms with Crippen molar-refractivity contribution in [3.8, 4) is 0 Å². The van der Waals surface area contributed by atoms with E-state index in [4.69, 9.17) is 11.6 Å². The molecule has 0 aliphatic rings. The smallest absolute Gasteiger partial charge is 0.366 e. The summed E-state index contributed by atoms with van der Waals surface area (Å²) in [6.07, 6.45) is -2.88. The van der Waals surface area contributed by atoms with Gasteiger partial charge in [-0.2, -0.15) is 13.2 Å². The minimum Gasteiger partial charge on any atom is -0.366 e. The van der Waals surface area contributed by atoms with Gasteiger partial charge in [-0.25, -0.2) is 9.97 Å². The highest BCUT2D eigenvalue weighted by molar-refractivity contribution is 6.30. The Morgan fingerprint density at radius 2 is 1.91 bits per heavy atom. The van der Waals surface area contributed by atoms with E-state index in [-0.39, 0.29) is 16.5 Å². The fourth-order valence-electron chi connectivity index (χ4n) is 1.90. The summed E-state index contributed by atoms with van der Waals surface area (Å²) < 4.78 is 39.3. The number of hydrogen-bond donors (Lipinski definition) is 2. The molecule has 0 spiro atoms. The Balaban J connectivity index is 2.36. The zero-order valence-corrected chi connectivity index (χ0v) is 13.0. The lowest BCUT2D eigenvalue weighted by Crippen LogP contribution is -2.10. The first kappa shape index (κ1) is 17.1. The fraction of sp³-hybridized carbons (Fsp3) is 0.200. The highest BCUT2D eigenvalue weighted by Gasteiger charge is 2.34. The molecule has 0 aliphatic heterocycles. The fourth-order valence-corrected chi connectivity index (χ4v) is 2.07. The van der Waals surface area contributed by atoms with Crippen molar-refractivity contribution in [2.75, 3.05) is 17.2 Å². The summed E-state index contributed by atoms with van der Waals surface area (Å²) in [5.74, 6) is 1.16. The van der Waals surface area contributed by atoms with Crippen LogP contribution in [-0.4, -0.2) is 16.5 Å². The second-order valence-corrected chi connectivity index (χ2v) is 5.10. The number of nitrogens with zero attached hydrogens (tertiary/aromatic N) is 2. The molecular weight excluding hydrogens is 329 g/mol. The van der Waals surface area contributed by atoms with Crippen LogP contribution in [0.25, 0.3) is 0 Å². The van der Waals surface area contributed by atoms with E-state index in [1.165, 1.54) is 18.2 Å². The lowest BCUT2D eigenvalue weighted by atomic mass is 10.1. The second-order valence-electron chi connectivity index (χ2n) is 4.67. The molecule has 122 valence electrons. The van der Waals surface area contributed by atoms with Crippen LogP contribution in [0.4, 0.5) is 30.5 Å².